The Hall–Kier alpha value is -0.730. The van der Waals surface area contributed by atoms with E-state index in [-0.39, 0.29) is 11.7 Å². The van der Waals surface area contributed by atoms with Crippen LogP contribution in [0.3, 0.4) is 0 Å². The molecule has 0 bridgehead atoms. The van der Waals surface area contributed by atoms with Gasteiger partial charge in [0.1, 0.15) is 5.60 Å². The second-order valence-electron chi connectivity index (χ2n) is 4.72. The van der Waals surface area contributed by atoms with Gasteiger partial charge in [-0.15, -0.1) is 0 Å². The number of hydrogen-bond acceptors (Lipinski definition) is 2. The van der Waals surface area contributed by atoms with Crippen molar-refractivity contribution in [1.29, 1.82) is 0 Å². The van der Waals surface area contributed by atoms with Gasteiger partial charge in [0.25, 0.3) is 0 Å². The van der Waals surface area contributed by atoms with Gasteiger partial charge >= 0.3 is 6.09 Å². The molecule has 1 N–H and O–H groups in total. The minimum atomic E-state index is -0.201. The Labute approximate surface area is 77.8 Å². The van der Waals surface area contributed by atoms with E-state index in [1.165, 1.54) is 32.1 Å². The van der Waals surface area contributed by atoms with Gasteiger partial charge in [-0.25, -0.2) is 4.79 Å². The van der Waals surface area contributed by atoms with Crippen LogP contribution in [0, 0.1) is 5.41 Å². The predicted molar refractivity (Wildman–Crippen MR) is 47.3 cm³/mol. The monoisotopic (exact) mass is 181 g/mol. The van der Waals surface area contributed by atoms with Gasteiger partial charge in [-0.3, -0.25) is 0 Å². The Kier molecular flexibility index (Phi) is 1.29. The number of alkyl carbamates (subject to hydrolysis) is 1. The standard InChI is InChI=1S/C10H15NO2/c12-8-11-7-10(13-8)6-2-5-9(10)3-1-4-9/h1-7H2,(H,11,12). The highest BCUT2D eigenvalue weighted by atomic mass is 16.6. The second-order valence-corrected chi connectivity index (χ2v) is 4.72. The van der Waals surface area contributed by atoms with Crippen LogP contribution in [0.15, 0.2) is 0 Å². The first-order valence-electron chi connectivity index (χ1n) is 5.23. The fourth-order valence-electron chi connectivity index (χ4n) is 3.41. The molecule has 72 valence electrons. The first-order valence-corrected chi connectivity index (χ1v) is 5.23. The maximum absolute atomic E-state index is 11.1. The first-order chi connectivity index (χ1) is 6.27. The number of rotatable bonds is 0. The highest BCUT2D eigenvalue weighted by molar-refractivity contribution is 5.70. The second kappa shape index (κ2) is 2.20. The minimum Gasteiger partial charge on any atom is -0.440 e. The van der Waals surface area contributed by atoms with Crippen LogP contribution >= 0.6 is 0 Å². The lowest BCUT2D eigenvalue weighted by atomic mass is 9.60. The van der Waals surface area contributed by atoms with Crippen LogP contribution in [0.2, 0.25) is 0 Å². The highest BCUT2D eigenvalue weighted by Gasteiger charge is 2.62. The summed E-state index contributed by atoms with van der Waals surface area (Å²) in [5, 5.41) is 2.81. The molecule has 1 atom stereocenters. The number of fused-ring (bicyclic) bond motifs is 1. The Bertz CT molecular complexity index is 260. The molecule has 0 aromatic heterocycles. The normalized spacial score (nSPS) is 40.5. The molecule has 2 aliphatic carbocycles. The summed E-state index contributed by atoms with van der Waals surface area (Å²) in [5.74, 6) is 0. The van der Waals surface area contributed by atoms with E-state index >= 15 is 0 Å². The highest BCUT2D eigenvalue weighted by Crippen LogP contribution is 2.61. The number of carbonyl (C=O) groups is 1. The Morgan fingerprint density at radius 1 is 1.15 bits per heavy atom. The fourth-order valence-corrected chi connectivity index (χ4v) is 3.41. The zero-order valence-electron chi connectivity index (χ0n) is 7.77. The molecule has 1 unspecified atom stereocenters. The third-order valence-corrected chi connectivity index (χ3v) is 4.32. The third kappa shape index (κ3) is 0.779. The number of ether oxygens (including phenoxy) is 1. The summed E-state index contributed by atoms with van der Waals surface area (Å²) in [6.45, 7) is 0.756. The molecule has 1 saturated heterocycles. The maximum atomic E-state index is 11.1. The number of nitrogens with one attached hydrogen (secondary N) is 1. The van der Waals surface area contributed by atoms with E-state index in [1.54, 1.807) is 0 Å². The molecule has 3 rings (SSSR count). The van der Waals surface area contributed by atoms with Crippen LogP contribution in [0.4, 0.5) is 4.79 Å². The van der Waals surface area contributed by atoms with Crippen molar-refractivity contribution in [3.63, 3.8) is 0 Å². The topological polar surface area (TPSA) is 38.3 Å². The van der Waals surface area contributed by atoms with Crippen molar-refractivity contribution in [3.05, 3.63) is 0 Å². The maximum Gasteiger partial charge on any atom is 0.407 e. The molecule has 0 aromatic rings. The van der Waals surface area contributed by atoms with Crippen molar-refractivity contribution in [2.45, 2.75) is 44.1 Å². The summed E-state index contributed by atoms with van der Waals surface area (Å²) in [6.07, 6.45) is 7.22. The van der Waals surface area contributed by atoms with Crippen molar-refractivity contribution < 1.29 is 9.53 Å². The number of amides is 1. The molecule has 13 heavy (non-hydrogen) atoms. The van der Waals surface area contributed by atoms with E-state index in [0.29, 0.717) is 5.41 Å². The van der Waals surface area contributed by atoms with E-state index in [4.69, 9.17) is 4.74 Å². The van der Waals surface area contributed by atoms with Gasteiger partial charge in [0, 0.05) is 5.41 Å². The summed E-state index contributed by atoms with van der Waals surface area (Å²) < 4.78 is 5.52. The van der Waals surface area contributed by atoms with Gasteiger partial charge in [0.2, 0.25) is 0 Å². The zero-order chi connectivity index (χ0) is 8.94. The van der Waals surface area contributed by atoms with Crippen LogP contribution in [0.25, 0.3) is 0 Å². The molecule has 3 fully saturated rings. The van der Waals surface area contributed by atoms with Crippen molar-refractivity contribution >= 4 is 6.09 Å². The van der Waals surface area contributed by atoms with Crippen LogP contribution in [-0.2, 0) is 4.74 Å². The molecule has 0 radical (unpaired) electrons. The lowest BCUT2D eigenvalue weighted by Gasteiger charge is -2.48. The molecule has 1 amide bonds. The van der Waals surface area contributed by atoms with E-state index < -0.39 is 0 Å². The van der Waals surface area contributed by atoms with Gasteiger partial charge in [0.05, 0.1) is 6.54 Å². The van der Waals surface area contributed by atoms with Crippen molar-refractivity contribution in [3.8, 4) is 0 Å². The number of hydrogen-bond donors (Lipinski definition) is 1. The van der Waals surface area contributed by atoms with Gasteiger partial charge in [0.15, 0.2) is 0 Å². The smallest absolute Gasteiger partial charge is 0.407 e. The van der Waals surface area contributed by atoms with E-state index in [1.807, 2.05) is 0 Å². The lowest BCUT2D eigenvalue weighted by Crippen LogP contribution is -2.50. The summed E-state index contributed by atoms with van der Waals surface area (Å²) in [5.41, 5.74) is 0.258. The largest absolute Gasteiger partial charge is 0.440 e. The lowest BCUT2D eigenvalue weighted by molar-refractivity contribution is -0.0797. The van der Waals surface area contributed by atoms with Gasteiger partial charge in [-0.05, 0) is 32.1 Å². The van der Waals surface area contributed by atoms with Crippen LogP contribution in [-0.4, -0.2) is 18.2 Å². The molecule has 2 saturated carbocycles. The Morgan fingerprint density at radius 2 is 1.85 bits per heavy atom. The minimum absolute atomic E-state index is 0.109. The average molecular weight is 181 g/mol. The molecule has 2 spiro atoms. The third-order valence-electron chi connectivity index (χ3n) is 4.32. The molecular weight excluding hydrogens is 166 g/mol. The molecular formula is C10H15NO2. The molecule has 3 heteroatoms. The molecule has 3 nitrogen and oxygen atoms in total. The van der Waals surface area contributed by atoms with Crippen LogP contribution in [0.1, 0.15) is 38.5 Å². The molecule has 1 heterocycles. The first kappa shape index (κ1) is 7.65. The molecule has 3 aliphatic rings. The van der Waals surface area contributed by atoms with Gasteiger partial charge in [-0.2, -0.15) is 0 Å². The zero-order valence-corrected chi connectivity index (χ0v) is 7.77. The summed E-state index contributed by atoms with van der Waals surface area (Å²) >= 11 is 0. The molecule has 0 aromatic carbocycles. The van der Waals surface area contributed by atoms with E-state index in [2.05, 4.69) is 5.32 Å². The van der Waals surface area contributed by atoms with Crippen molar-refractivity contribution in [2.24, 2.45) is 5.41 Å². The quantitative estimate of drug-likeness (QED) is 0.619. The van der Waals surface area contributed by atoms with Crippen LogP contribution in [0.5, 0.6) is 0 Å². The SMILES string of the molecule is O=C1NCC2(CCCC23CCC3)O1. The van der Waals surface area contributed by atoms with Crippen molar-refractivity contribution in [2.75, 3.05) is 6.54 Å². The Balaban J connectivity index is 1.92. The fraction of sp³-hybridized carbons (Fsp3) is 0.900. The number of carbonyl (C=O) groups excluding carboxylic acids is 1. The summed E-state index contributed by atoms with van der Waals surface area (Å²) in [4.78, 5) is 11.1. The average Bonchev–Trinajstić information content (AvgIpc) is 2.56. The van der Waals surface area contributed by atoms with E-state index in [9.17, 15) is 4.79 Å². The van der Waals surface area contributed by atoms with Gasteiger partial charge < -0.3 is 10.1 Å². The van der Waals surface area contributed by atoms with Crippen LogP contribution < -0.4 is 5.32 Å². The Morgan fingerprint density at radius 3 is 2.38 bits per heavy atom. The predicted octanol–water partition coefficient (Wildman–Crippen LogP) is 1.82. The summed E-state index contributed by atoms with van der Waals surface area (Å²) in [7, 11) is 0. The summed E-state index contributed by atoms with van der Waals surface area (Å²) in [6, 6.07) is 0. The molecule has 1 aliphatic heterocycles. The van der Waals surface area contributed by atoms with Crippen molar-refractivity contribution in [1.82, 2.24) is 5.32 Å². The van der Waals surface area contributed by atoms with E-state index in [0.717, 1.165) is 13.0 Å². The van der Waals surface area contributed by atoms with Gasteiger partial charge in [-0.1, -0.05) is 6.42 Å².